The lowest BCUT2D eigenvalue weighted by Crippen LogP contribution is -2.30. The molecule has 1 fully saturated rings. The zero-order valence-corrected chi connectivity index (χ0v) is 12.6. The molecular formula is C14H25N5O. The molecule has 3 N–H and O–H groups in total. The van der Waals surface area contributed by atoms with Crippen LogP contribution < -0.4 is 15.5 Å². The second kappa shape index (κ2) is 6.37. The predicted octanol–water partition coefficient (Wildman–Crippen LogP) is 0.705. The molecule has 20 heavy (non-hydrogen) atoms. The second-order valence-corrected chi connectivity index (χ2v) is 6.20. The van der Waals surface area contributed by atoms with Crippen LogP contribution in [0.5, 0.6) is 0 Å². The minimum atomic E-state index is -0.164. The Morgan fingerprint density at radius 2 is 2.30 bits per heavy atom. The lowest BCUT2D eigenvalue weighted by atomic mass is 9.95. The maximum absolute atomic E-state index is 9.26. The molecule has 2 heterocycles. The van der Waals surface area contributed by atoms with Crippen molar-refractivity contribution >= 4 is 11.5 Å². The third-order valence-electron chi connectivity index (χ3n) is 3.78. The number of hydrogen-bond donors (Lipinski definition) is 3. The van der Waals surface area contributed by atoms with Gasteiger partial charge in [0.15, 0.2) is 5.82 Å². The molecule has 0 unspecified atom stereocenters. The topological polar surface area (TPSA) is 73.3 Å². The van der Waals surface area contributed by atoms with E-state index >= 15 is 0 Å². The summed E-state index contributed by atoms with van der Waals surface area (Å²) in [5, 5.41) is 24.0. The number of anilines is 2. The number of nitrogens with zero attached hydrogens (tertiary/aromatic N) is 3. The Morgan fingerprint density at radius 1 is 1.50 bits per heavy atom. The first-order valence-electron chi connectivity index (χ1n) is 7.14. The minimum absolute atomic E-state index is 0.142. The van der Waals surface area contributed by atoms with E-state index in [2.05, 4.69) is 25.7 Å². The molecule has 1 atom stereocenters. The lowest BCUT2D eigenvalue weighted by molar-refractivity contribution is 0.170. The van der Waals surface area contributed by atoms with Gasteiger partial charge >= 0.3 is 0 Å². The summed E-state index contributed by atoms with van der Waals surface area (Å²) in [6.45, 7) is 6.87. The van der Waals surface area contributed by atoms with E-state index in [-0.39, 0.29) is 12.0 Å². The van der Waals surface area contributed by atoms with Crippen LogP contribution in [0.2, 0.25) is 0 Å². The standard InChI is InChI=1S/C14H25N5O/c1-14(2,10-20)9-16-13-6-12(7-17-18-13)19-5-4-11(8-19)15-3/h6-7,11,15,20H,4-5,8-10H2,1-3H3,(H,16,18)/t11-/m0/s1. The average molecular weight is 279 g/mol. The SMILES string of the molecule is CN[C@H]1CCN(c2cnnc(NCC(C)(C)CO)c2)C1. The molecule has 0 amide bonds. The van der Waals surface area contributed by atoms with Gasteiger partial charge in [0.2, 0.25) is 0 Å². The van der Waals surface area contributed by atoms with Crippen molar-refractivity contribution in [3.8, 4) is 0 Å². The molecule has 0 bridgehead atoms. The van der Waals surface area contributed by atoms with E-state index in [1.807, 2.05) is 27.0 Å². The van der Waals surface area contributed by atoms with E-state index < -0.39 is 0 Å². The smallest absolute Gasteiger partial charge is 0.150 e. The summed E-state index contributed by atoms with van der Waals surface area (Å²) in [6, 6.07) is 2.58. The Labute approximate surface area is 120 Å². The number of nitrogens with one attached hydrogen (secondary N) is 2. The lowest BCUT2D eigenvalue weighted by Gasteiger charge is -2.23. The highest BCUT2D eigenvalue weighted by molar-refractivity contribution is 5.53. The molecule has 1 saturated heterocycles. The molecule has 6 heteroatoms. The van der Waals surface area contributed by atoms with Gasteiger partial charge in [-0.1, -0.05) is 13.8 Å². The van der Waals surface area contributed by atoms with Crippen molar-refractivity contribution in [2.75, 3.05) is 43.5 Å². The summed E-state index contributed by atoms with van der Waals surface area (Å²) in [4.78, 5) is 2.32. The van der Waals surface area contributed by atoms with Gasteiger partial charge in [0.25, 0.3) is 0 Å². The molecule has 6 nitrogen and oxygen atoms in total. The van der Waals surface area contributed by atoms with E-state index in [9.17, 15) is 5.11 Å². The Bertz CT molecular complexity index is 437. The van der Waals surface area contributed by atoms with Crippen LogP contribution in [0.15, 0.2) is 12.3 Å². The van der Waals surface area contributed by atoms with Crippen molar-refractivity contribution in [2.24, 2.45) is 5.41 Å². The highest BCUT2D eigenvalue weighted by Gasteiger charge is 2.22. The van der Waals surface area contributed by atoms with Gasteiger partial charge in [-0.2, -0.15) is 5.10 Å². The van der Waals surface area contributed by atoms with E-state index in [0.29, 0.717) is 12.6 Å². The third-order valence-corrected chi connectivity index (χ3v) is 3.78. The molecule has 1 aromatic heterocycles. The van der Waals surface area contributed by atoms with E-state index in [1.165, 1.54) is 0 Å². The summed E-state index contributed by atoms with van der Waals surface area (Å²) < 4.78 is 0. The van der Waals surface area contributed by atoms with Crippen LogP contribution in [-0.4, -0.2) is 54.6 Å². The summed E-state index contributed by atoms with van der Waals surface area (Å²) in [6.07, 6.45) is 2.96. The first kappa shape index (κ1) is 15.0. The summed E-state index contributed by atoms with van der Waals surface area (Å²) in [7, 11) is 2.00. The largest absolute Gasteiger partial charge is 0.396 e. The fourth-order valence-electron chi connectivity index (χ4n) is 2.23. The van der Waals surface area contributed by atoms with Crippen molar-refractivity contribution in [3.05, 3.63) is 12.3 Å². The Kier molecular flexibility index (Phi) is 4.77. The zero-order valence-electron chi connectivity index (χ0n) is 12.6. The molecule has 2 rings (SSSR count). The number of aliphatic hydroxyl groups is 1. The first-order valence-corrected chi connectivity index (χ1v) is 7.14. The number of hydrogen-bond acceptors (Lipinski definition) is 6. The monoisotopic (exact) mass is 279 g/mol. The van der Waals surface area contributed by atoms with Gasteiger partial charge in [-0.15, -0.1) is 5.10 Å². The molecular weight excluding hydrogens is 254 g/mol. The molecule has 1 aromatic rings. The van der Waals surface area contributed by atoms with Gasteiger partial charge < -0.3 is 20.6 Å². The van der Waals surface area contributed by atoms with E-state index in [4.69, 9.17) is 0 Å². The maximum atomic E-state index is 9.26. The molecule has 0 saturated carbocycles. The highest BCUT2D eigenvalue weighted by Crippen LogP contribution is 2.22. The number of rotatable bonds is 6. The quantitative estimate of drug-likeness (QED) is 0.712. The van der Waals surface area contributed by atoms with Gasteiger partial charge in [0.1, 0.15) is 0 Å². The molecule has 1 aliphatic heterocycles. The van der Waals surface area contributed by atoms with Crippen LogP contribution in [0, 0.1) is 5.41 Å². The fourth-order valence-corrected chi connectivity index (χ4v) is 2.23. The van der Waals surface area contributed by atoms with Gasteiger partial charge in [-0.25, -0.2) is 0 Å². The van der Waals surface area contributed by atoms with Gasteiger partial charge in [-0.3, -0.25) is 0 Å². The van der Waals surface area contributed by atoms with Crippen LogP contribution in [0.3, 0.4) is 0 Å². The van der Waals surface area contributed by atoms with Gasteiger partial charge in [0.05, 0.1) is 11.9 Å². The van der Waals surface area contributed by atoms with Crippen molar-refractivity contribution in [1.82, 2.24) is 15.5 Å². The van der Waals surface area contributed by atoms with Crippen molar-refractivity contribution in [2.45, 2.75) is 26.3 Å². The number of aliphatic hydroxyl groups excluding tert-OH is 1. The maximum Gasteiger partial charge on any atom is 0.150 e. The van der Waals surface area contributed by atoms with Crippen LogP contribution in [0.25, 0.3) is 0 Å². The molecule has 1 aliphatic rings. The van der Waals surface area contributed by atoms with Crippen LogP contribution >= 0.6 is 0 Å². The molecule has 0 radical (unpaired) electrons. The summed E-state index contributed by atoms with van der Waals surface area (Å²) in [5.74, 6) is 0.761. The Hall–Kier alpha value is -1.40. The van der Waals surface area contributed by atoms with Crippen molar-refractivity contribution in [1.29, 1.82) is 0 Å². The normalized spacial score (nSPS) is 19.4. The summed E-state index contributed by atoms with van der Waals surface area (Å²) in [5.41, 5.74) is 0.935. The zero-order chi connectivity index (χ0) is 14.6. The minimum Gasteiger partial charge on any atom is -0.396 e. The highest BCUT2D eigenvalue weighted by atomic mass is 16.3. The van der Waals surface area contributed by atoms with Crippen molar-refractivity contribution in [3.63, 3.8) is 0 Å². The van der Waals surface area contributed by atoms with Crippen LogP contribution in [-0.2, 0) is 0 Å². The molecule has 0 aliphatic carbocycles. The van der Waals surface area contributed by atoms with Crippen molar-refractivity contribution < 1.29 is 5.11 Å². The number of aromatic nitrogens is 2. The van der Waals surface area contributed by atoms with Crippen LogP contribution in [0.4, 0.5) is 11.5 Å². The van der Waals surface area contributed by atoms with Gasteiger partial charge in [-0.05, 0) is 13.5 Å². The van der Waals surface area contributed by atoms with E-state index in [0.717, 1.165) is 31.0 Å². The fraction of sp³-hybridized carbons (Fsp3) is 0.714. The second-order valence-electron chi connectivity index (χ2n) is 6.20. The summed E-state index contributed by atoms with van der Waals surface area (Å²) >= 11 is 0. The molecule has 0 spiro atoms. The Balaban J connectivity index is 1.98. The van der Waals surface area contributed by atoms with Crippen LogP contribution in [0.1, 0.15) is 20.3 Å². The number of likely N-dealkylation sites (N-methyl/N-ethyl adjacent to an activating group) is 1. The van der Waals surface area contributed by atoms with Gasteiger partial charge in [0, 0.05) is 43.8 Å². The Morgan fingerprint density at radius 3 is 2.95 bits per heavy atom. The average Bonchev–Trinajstić information content (AvgIpc) is 2.95. The van der Waals surface area contributed by atoms with E-state index in [1.54, 1.807) is 6.20 Å². The molecule has 112 valence electrons. The first-order chi connectivity index (χ1) is 9.54. The molecule has 0 aromatic carbocycles. The third kappa shape index (κ3) is 3.80. The predicted molar refractivity (Wildman–Crippen MR) is 81.1 cm³/mol.